The third kappa shape index (κ3) is 6.03. The molecule has 0 amide bonds. The van der Waals surface area contributed by atoms with Crippen LogP contribution in [0, 0.1) is 13.8 Å². The Morgan fingerprint density at radius 2 is 2.08 bits per heavy atom. The molecule has 136 valence electrons. The zero-order valence-electron chi connectivity index (χ0n) is 15.4. The smallest absolute Gasteiger partial charge is 0.191 e. The maximum atomic E-state index is 5.41. The number of aryl methyl sites for hydroxylation is 2. The lowest BCUT2D eigenvalue weighted by atomic mass is 10.2. The summed E-state index contributed by atoms with van der Waals surface area (Å²) in [5, 5.41) is 7.91. The minimum Gasteiger partial charge on any atom is -0.379 e. The molecule has 0 aliphatic carbocycles. The molecular formula is C17H31N5OS. The van der Waals surface area contributed by atoms with Crippen molar-refractivity contribution in [1.29, 1.82) is 0 Å². The van der Waals surface area contributed by atoms with E-state index in [1.165, 1.54) is 4.88 Å². The molecule has 7 heteroatoms. The summed E-state index contributed by atoms with van der Waals surface area (Å²) < 4.78 is 5.41. The maximum absolute atomic E-state index is 5.41. The molecule has 0 bridgehead atoms. The van der Waals surface area contributed by atoms with Crippen LogP contribution in [-0.2, 0) is 11.2 Å². The van der Waals surface area contributed by atoms with Gasteiger partial charge < -0.3 is 15.4 Å². The van der Waals surface area contributed by atoms with Gasteiger partial charge >= 0.3 is 0 Å². The van der Waals surface area contributed by atoms with Gasteiger partial charge in [0.05, 0.1) is 30.5 Å². The van der Waals surface area contributed by atoms with E-state index in [4.69, 9.17) is 9.73 Å². The zero-order valence-corrected chi connectivity index (χ0v) is 16.2. The molecule has 0 saturated carbocycles. The van der Waals surface area contributed by atoms with Gasteiger partial charge in [-0.05, 0) is 27.7 Å². The molecule has 24 heavy (non-hydrogen) atoms. The minimum atomic E-state index is 0.441. The Morgan fingerprint density at radius 1 is 1.33 bits per heavy atom. The predicted octanol–water partition coefficient (Wildman–Crippen LogP) is 1.58. The number of nitrogens with one attached hydrogen (secondary N) is 2. The number of guanidine groups is 1. The van der Waals surface area contributed by atoms with E-state index in [0.717, 1.165) is 69.0 Å². The minimum absolute atomic E-state index is 0.441. The molecule has 1 saturated heterocycles. The number of hydrogen-bond donors (Lipinski definition) is 2. The number of aliphatic imine (C=N–C) groups is 1. The van der Waals surface area contributed by atoms with Crippen molar-refractivity contribution in [3.63, 3.8) is 0 Å². The van der Waals surface area contributed by atoms with Crippen molar-refractivity contribution >= 4 is 17.3 Å². The predicted molar refractivity (Wildman–Crippen MR) is 101 cm³/mol. The summed E-state index contributed by atoms with van der Waals surface area (Å²) in [6.45, 7) is 14.7. The third-order valence-corrected chi connectivity index (χ3v) is 5.30. The molecule has 0 aromatic carbocycles. The number of aromatic nitrogens is 1. The molecule has 1 aliphatic rings. The first-order valence-electron chi connectivity index (χ1n) is 8.87. The second kappa shape index (κ2) is 9.96. The van der Waals surface area contributed by atoms with Crippen molar-refractivity contribution in [3.8, 4) is 0 Å². The van der Waals surface area contributed by atoms with Crippen molar-refractivity contribution in [1.82, 2.24) is 20.5 Å². The summed E-state index contributed by atoms with van der Waals surface area (Å²) in [5.74, 6) is 0.900. The Morgan fingerprint density at radius 3 is 2.71 bits per heavy atom. The van der Waals surface area contributed by atoms with Crippen LogP contribution in [0.15, 0.2) is 4.99 Å². The molecule has 1 atom stereocenters. The monoisotopic (exact) mass is 353 g/mol. The quantitative estimate of drug-likeness (QED) is 0.576. The van der Waals surface area contributed by atoms with Gasteiger partial charge in [-0.2, -0.15) is 0 Å². The van der Waals surface area contributed by atoms with E-state index in [2.05, 4.69) is 48.2 Å². The number of thiazole rings is 1. The van der Waals surface area contributed by atoms with Crippen LogP contribution in [-0.4, -0.2) is 67.8 Å². The molecule has 0 spiro atoms. The van der Waals surface area contributed by atoms with Crippen LogP contribution in [0.3, 0.4) is 0 Å². The van der Waals surface area contributed by atoms with E-state index in [1.807, 2.05) is 0 Å². The van der Waals surface area contributed by atoms with Gasteiger partial charge in [0.2, 0.25) is 0 Å². The van der Waals surface area contributed by atoms with Gasteiger partial charge in [-0.1, -0.05) is 0 Å². The van der Waals surface area contributed by atoms with Crippen LogP contribution >= 0.6 is 11.3 Å². The average Bonchev–Trinajstić information content (AvgIpc) is 2.90. The van der Waals surface area contributed by atoms with Crippen molar-refractivity contribution < 1.29 is 4.74 Å². The largest absolute Gasteiger partial charge is 0.379 e. The lowest BCUT2D eigenvalue weighted by Crippen LogP contribution is -2.44. The first-order chi connectivity index (χ1) is 11.6. The highest BCUT2D eigenvalue weighted by Gasteiger charge is 2.16. The van der Waals surface area contributed by atoms with Crippen LogP contribution in [0.1, 0.15) is 29.4 Å². The van der Waals surface area contributed by atoms with E-state index in [9.17, 15) is 0 Å². The highest BCUT2D eigenvalue weighted by molar-refractivity contribution is 7.11. The summed E-state index contributed by atoms with van der Waals surface area (Å²) in [5.41, 5.74) is 1.15. The number of hydrogen-bond acceptors (Lipinski definition) is 5. The molecular weight excluding hydrogens is 322 g/mol. The van der Waals surface area contributed by atoms with Crippen LogP contribution in [0.5, 0.6) is 0 Å². The van der Waals surface area contributed by atoms with E-state index in [-0.39, 0.29) is 0 Å². The fourth-order valence-corrected chi connectivity index (χ4v) is 3.74. The summed E-state index contributed by atoms with van der Waals surface area (Å²) in [4.78, 5) is 13.0. The Bertz CT molecular complexity index is 525. The molecule has 2 rings (SSSR count). The average molecular weight is 354 g/mol. The summed E-state index contributed by atoms with van der Waals surface area (Å²) in [6, 6.07) is 0.441. The van der Waals surface area contributed by atoms with Crippen molar-refractivity contribution in [2.24, 2.45) is 4.99 Å². The molecule has 0 radical (unpaired) electrons. The van der Waals surface area contributed by atoms with Crippen LogP contribution in [0.25, 0.3) is 0 Å². The lowest BCUT2D eigenvalue weighted by molar-refractivity contribution is 0.0220. The number of morpholine rings is 1. The first-order valence-corrected chi connectivity index (χ1v) is 9.68. The van der Waals surface area contributed by atoms with Crippen molar-refractivity contribution in [2.45, 2.75) is 40.2 Å². The molecule has 2 N–H and O–H groups in total. The number of rotatable bonds is 7. The van der Waals surface area contributed by atoms with Gasteiger partial charge in [-0.25, -0.2) is 4.98 Å². The highest BCUT2D eigenvalue weighted by Crippen LogP contribution is 2.17. The molecule has 1 aliphatic heterocycles. The van der Waals surface area contributed by atoms with Crippen LogP contribution in [0.2, 0.25) is 0 Å². The Kier molecular flexibility index (Phi) is 7.94. The molecule has 1 unspecified atom stereocenters. The van der Waals surface area contributed by atoms with Gasteiger partial charge in [-0.3, -0.25) is 9.89 Å². The van der Waals surface area contributed by atoms with Gasteiger partial charge in [0, 0.05) is 43.5 Å². The van der Waals surface area contributed by atoms with Crippen molar-refractivity contribution in [2.75, 3.05) is 45.9 Å². The Balaban J connectivity index is 1.80. The summed E-state index contributed by atoms with van der Waals surface area (Å²) in [7, 11) is 0. The van der Waals surface area contributed by atoms with Gasteiger partial charge in [0.15, 0.2) is 5.96 Å². The normalized spacial score (nSPS) is 17.8. The fourth-order valence-electron chi connectivity index (χ4n) is 2.80. The Hall–Kier alpha value is -1.18. The summed E-state index contributed by atoms with van der Waals surface area (Å²) >= 11 is 1.79. The lowest BCUT2D eigenvalue weighted by Gasteiger charge is -2.31. The fraction of sp³-hybridized carbons (Fsp3) is 0.765. The van der Waals surface area contributed by atoms with Gasteiger partial charge in [-0.15, -0.1) is 11.3 Å². The van der Waals surface area contributed by atoms with Crippen molar-refractivity contribution in [3.05, 3.63) is 15.6 Å². The van der Waals surface area contributed by atoms with E-state index in [0.29, 0.717) is 6.04 Å². The molecule has 1 aromatic rings. The molecule has 1 fully saturated rings. The molecule has 2 heterocycles. The number of ether oxygens (including phenoxy) is 1. The topological polar surface area (TPSA) is 61.8 Å². The van der Waals surface area contributed by atoms with Gasteiger partial charge in [0.1, 0.15) is 0 Å². The Labute approximate surface area is 149 Å². The first kappa shape index (κ1) is 19.1. The summed E-state index contributed by atoms with van der Waals surface area (Å²) in [6.07, 6.45) is 0.987. The molecule has 1 aromatic heterocycles. The third-order valence-electron chi connectivity index (χ3n) is 4.17. The van der Waals surface area contributed by atoms with Crippen LogP contribution in [0.4, 0.5) is 0 Å². The standard InChI is InChI=1S/C17H31N5OS/c1-5-18-17(19-7-6-16-14(3)21-15(4)24-16)20-12-13(2)22-8-10-23-11-9-22/h13H,5-12H2,1-4H3,(H2,18,19,20). The van der Waals surface area contributed by atoms with Gasteiger partial charge in [0.25, 0.3) is 0 Å². The zero-order chi connectivity index (χ0) is 17.4. The number of nitrogens with zero attached hydrogens (tertiary/aromatic N) is 3. The molecule has 6 nitrogen and oxygen atoms in total. The second-order valence-electron chi connectivity index (χ2n) is 6.14. The van der Waals surface area contributed by atoms with E-state index >= 15 is 0 Å². The maximum Gasteiger partial charge on any atom is 0.191 e. The SMILES string of the molecule is CCNC(=NCC(C)N1CCOCC1)NCCc1sc(C)nc1C. The van der Waals surface area contributed by atoms with E-state index in [1.54, 1.807) is 11.3 Å². The van der Waals surface area contributed by atoms with E-state index < -0.39 is 0 Å². The second-order valence-corrected chi connectivity index (χ2v) is 7.42. The highest BCUT2D eigenvalue weighted by atomic mass is 32.1. The van der Waals surface area contributed by atoms with Crippen LogP contribution < -0.4 is 10.6 Å².